The molecule has 0 fully saturated rings. The van der Waals surface area contributed by atoms with Gasteiger partial charge < -0.3 is 5.32 Å². The number of halogens is 1. The SMILES string of the molecule is Cc1ccc(-n2cc(CNC(C)(C)C)nn2)c(F)c1. The Kier molecular flexibility index (Phi) is 3.66. The molecule has 0 atom stereocenters. The number of aromatic nitrogens is 3. The summed E-state index contributed by atoms with van der Waals surface area (Å²) >= 11 is 0. The second-order valence-electron chi connectivity index (χ2n) is 5.71. The Morgan fingerprint density at radius 3 is 2.68 bits per heavy atom. The highest BCUT2D eigenvalue weighted by molar-refractivity contribution is 5.35. The number of hydrogen-bond acceptors (Lipinski definition) is 3. The number of aryl methyl sites for hydroxylation is 1. The van der Waals surface area contributed by atoms with Gasteiger partial charge in [-0.1, -0.05) is 11.3 Å². The first kappa shape index (κ1) is 13.7. The normalized spacial score (nSPS) is 11.8. The zero-order valence-electron chi connectivity index (χ0n) is 11.7. The Labute approximate surface area is 112 Å². The molecule has 4 nitrogen and oxygen atoms in total. The summed E-state index contributed by atoms with van der Waals surface area (Å²) in [7, 11) is 0. The molecule has 0 aliphatic carbocycles. The molecule has 102 valence electrons. The van der Waals surface area contributed by atoms with E-state index in [2.05, 4.69) is 36.4 Å². The zero-order chi connectivity index (χ0) is 14.0. The van der Waals surface area contributed by atoms with Crippen LogP contribution >= 0.6 is 0 Å². The van der Waals surface area contributed by atoms with Gasteiger partial charge in [-0.15, -0.1) is 5.10 Å². The van der Waals surface area contributed by atoms with Crippen molar-refractivity contribution in [2.45, 2.75) is 39.8 Å². The summed E-state index contributed by atoms with van der Waals surface area (Å²) in [6, 6.07) is 5.05. The lowest BCUT2D eigenvalue weighted by Gasteiger charge is -2.19. The van der Waals surface area contributed by atoms with Crippen LogP contribution in [-0.4, -0.2) is 20.5 Å². The average Bonchev–Trinajstić information content (AvgIpc) is 2.74. The highest BCUT2D eigenvalue weighted by Crippen LogP contribution is 2.14. The van der Waals surface area contributed by atoms with Crippen molar-refractivity contribution in [1.82, 2.24) is 20.3 Å². The maximum Gasteiger partial charge on any atom is 0.149 e. The van der Waals surface area contributed by atoms with Gasteiger partial charge in [-0.2, -0.15) is 0 Å². The largest absolute Gasteiger partial charge is 0.306 e. The monoisotopic (exact) mass is 262 g/mol. The molecular formula is C14H19FN4. The predicted molar refractivity (Wildman–Crippen MR) is 72.6 cm³/mol. The van der Waals surface area contributed by atoms with Crippen LogP contribution in [0, 0.1) is 12.7 Å². The maximum atomic E-state index is 13.8. The highest BCUT2D eigenvalue weighted by atomic mass is 19.1. The number of rotatable bonds is 3. The van der Waals surface area contributed by atoms with E-state index in [1.54, 1.807) is 12.3 Å². The standard InChI is InChI=1S/C14H19FN4/c1-10-5-6-13(12(15)7-10)19-9-11(17-18-19)8-16-14(2,3)4/h5-7,9,16H,8H2,1-4H3. The molecule has 0 spiro atoms. The Bertz CT molecular complexity index is 569. The van der Waals surface area contributed by atoms with Gasteiger partial charge in [0, 0.05) is 12.1 Å². The molecule has 19 heavy (non-hydrogen) atoms. The van der Waals surface area contributed by atoms with Crippen molar-refractivity contribution in [2.75, 3.05) is 0 Å². The van der Waals surface area contributed by atoms with Crippen LogP contribution in [-0.2, 0) is 6.54 Å². The van der Waals surface area contributed by atoms with Crippen LogP contribution < -0.4 is 5.32 Å². The third-order valence-corrected chi connectivity index (χ3v) is 2.69. The minimum Gasteiger partial charge on any atom is -0.306 e. The van der Waals surface area contributed by atoms with E-state index in [9.17, 15) is 4.39 Å². The van der Waals surface area contributed by atoms with Crippen molar-refractivity contribution < 1.29 is 4.39 Å². The molecule has 2 rings (SSSR count). The van der Waals surface area contributed by atoms with E-state index in [0.717, 1.165) is 11.3 Å². The number of nitrogens with one attached hydrogen (secondary N) is 1. The quantitative estimate of drug-likeness (QED) is 0.924. The third-order valence-electron chi connectivity index (χ3n) is 2.69. The fourth-order valence-corrected chi connectivity index (χ4v) is 1.65. The summed E-state index contributed by atoms with van der Waals surface area (Å²) in [5, 5.41) is 11.3. The molecular weight excluding hydrogens is 243 g/mol. The summed E-state index contributed by atoms with van der Waals surface area (Å²) in [5.74, 6) is -0.291. The second kappa shape index (κ2) is 5.09. The molecule has 1 N–H and O–H groups in total. The molecule has 0 unspecified atom stereocenters. The lowest BCUT2D eigenvalue weighted by molar-refractivity contribution is 0.421. The van der Waals surface area contributed by atoms with Crippen molar-refractivity contribution >= 4 is 0 Å². The Morgan fingerprint density at radius 2 is 2.05 bits per heavy atom. The minimum absolute atomic E-state index is 0.0128. The zero-order valence-corrected chi connectivity index (χ0v) is 11.7. The molecule has 5 heteroatoms. The van der Waals surface area contributed by atoms with Crippen LogP contribution in [0.4, 0.5) is 4.39 Å². The van der Waals surface area contributed by atoms with Crippen LogP contribution in [0.1, 0.15) is 32.0 Å². The van der Waals surface area contributed by atoms with Crippen LogP contribution in [0.5, 0.6) is 0 Å². The van der Waals surface area contributed by atoms with Crippen molar-refractivity contribution in [3.8, 4) is 5.69 Å². The molecule has 0 aliphatic heterocycles. The summed E-state index contributed by atoms with van der Waals surface area (Å²) in [5.41, 5.74) is 2.10. The summed E-state index contributed by atoms with van der Waals surface area (Å²) in [4.78, 5) is 0. The van der Waals surface area contributed by atoms with Crippen molar-refractivity contribution in [3.05, 3.63) is 41.5 Å². The van der Waals surface area contributed by atoms with Crippen LogP contribution in [0.15, 0.2) is 24.4 Å². The van der Waals surface area contributed by atoms with Gasteiger partial charge in [-0.05, 0) is 45.4 Å². The van der Waals surface area contributed by atoms with Gasteiger partial charge in [0.25, 0.3) is 0 Å². The molecule has 0 saturated heterocycles. The fourth-order valence-electron chi connectivity index (χ4n) is 1.65. The van der Waals surface area contributed by atoms with E-state index in [1.165, 1.54) is 10.7 Å². The van der Waals surface area contributed by atoms with Crippen molar-refractivity contribution in [1.29, 1.82) is 0 Å². The number of benzene rings is 1. The molecule has 1 heterocycles. The van der Waals surface area contributed by atoms with E-state index >= 15 is 0 Å². The molecule has 0 amide bonds. The number of hydrogen-bond donors (Lipinski definition) is 1. The van der Waals surface area contributed by atoms with Crippen LogP contribution in [0.3, 0.4) is 0 Å². The van der Waals surface area contributed by atoms with Gasteiger partial charge in [-0.3, -0.25) is 0 Å². The molecule has 0 saturated carbocycles. The van der Waals surface area contributed by atoms with Gasteiger partial charge in [0.1, 0.15) is 11.5 Å². The van der Waals surface area contributed by atoms with E-state index in [1.807, 2.05) is 13.0 Å². The predicted octanol–water partition coefficient (Wildman–Crippen LogP) is 2.60. The summed E-state index contributed by atoms with van der Waals surface area (Å²) in [6.07, 6.45) is 1.74. The topological polar surface area (TPSA) is 42.7 Å². The van der Waals surface area contributed by atoms with E-state index < -0.39 is 0 Å². The molecule has 0 radical (unpaired) electrons. The van der Waals surface area contributed by atoms with Gasteiger partial charge >= 0.3 is 0 Å². The molecule has 1 aromatic heterocycles. The molecule has 2 aromatic rings. The second-order valence-corrected chi connectivity index (χ2v) is 5.71. The Hall–Kier alpha value is -1.75. The summed E-state index contributed by atoms with van der Waals surface area (Å²) < 4.78 is 15.3. The summed E-state index contributed by atoms with van der Waals surface area (Å²) in [6.45, 7) is 8.70. The first-order valence-electron chi connectivity index (χ1n) is 6.28. The van der Waals surface area contributed by atoms with Crippen LogP contribution in [0.2, 0.25) is 0 Å². The first-order chi connectivity index (χ1) is 8.85. The van der Waals surface area contributed by atoms with Crippen LogP contribution in [0.25, 0.3) is 5.69 Å². The van der Waals surface area contributed by atoms with E-state index in [4.69, 9.17) is 0 Å². The minimum atomic E-state index is -0.291. The van der Waals surface area contributed by atoms with Crippen molar-refractivity contribution in [2.24, 2.45) is 0 Å². The van der Waals surface area contributed by atoms with E-state index in [-0.39, 0.29) is 11.4 Å². The molecule has 0 bridgehead atoms. The molecule has 1 aromatic carbocycles. The lowest BCUT2D eigenvalue weighted by Crippen LogP contribution is -2.35. The highest BCUT2D eigenvalue weighted by Gasteiger charge is 2.11. The first-order valence-corrected chi connectivity index (χ1v) is 6.28. The smallest absolute Gasteiger partial charge is 0.149 e. The maximum absolute atomic E-state index is 13.8. The lowest BCUT2D eigenvalue weighted by atomic mass is 10.1. The van der Waals surface area contributed by atoms with E-state index in [0.29, 0.717) is 12.2 Å². The third kappa shape index (κ3) is 3.61. The Balaban J connectivity index is 2.16. The van der Waals surface area contributed by atoms with Crippen molar-refractivity contribution in [3.63, 3.8) is 0 Å². The van der Waals surface area contributed by atoms with Gasteiger partial charge in [0.15, 0.2) is 0 Å². The van der Waals surface area contributed by atoms with Gasteiger partial charge in [-0.25, -0.2) is 9.07 Å². The average molecular weight is 262 g/mol. The Morgan fingerprint density at radius 1 is 1.32 bits per heavy atom. The van der Waals surface area contributed by atoms with Gasteiger partial charge in [0.05, 0.1) is 11.9 Å². The molecule has 0 aliphatic rings. The van der Waals surface area contributed by atoms with Gasteiger partial charge in [0.2, 0.25) is 0 Å². The number of nitrogens with zero attached hydrogens (tertiary/aromatic N) is 3. The fraction of sp³-hybridized carbons (Fsp3) is 0.429.